The third kappa shape index (κ3) is 2.54. The monoisotopic (exact) mass is 296 g/mol. The molecule has 3 atom stereocenters. The molecule has 2 amide bonds. The van der Waals surface area contributed by atoms with Gasteiger partial charge in [-0.3, -0.25) is 14.4 Å². The van der Waals surface area contributed by atoms with E-state index in [2.05, 4.69) is 10.3 Å². The number of ketones is 1. The maximum atomic E-state index is 12.2. The molecule has 0 aromatic carbocycles. The molecule has 0 aromatic rings. The minimum atomic E-state index is -1.38. The van der Waals surface area contributed by atoms with Crippen LogP contribution in [0.1, 0.15) is 19.3 Å². The minimum absolute atomic E-state index is 0.270. The van der Waals surface area contributed by atoms with Gasteiger partial charge in [-0.2, -0.15) is 5.01 Å². The highest BCUT2D eigenvalue weighted by Crippen LogP contribution is 2.28. The Kier molecular flexibility index (Phi) is 3.68. The van der Waals surface area contributed by atoms with E-state index in [1.807, 2.05) is 0 Å². The first-order chi connectivity index (χ1) is 10.1. The van der Waals surface area contributed by atoms with E-state index in [-0.39, 0.29) is 6.61 Å². The number of ether oxygens (including phenoxy) is 1. The number of amides is 2. The number of aliphatic hydroxyl groups excluding tert-OH is 1. The second-order valence-corrected chi connectivity index (χ2v) is 5.26. The first kappa shape index (κ1) is 14.1. The largest absolute Gasteiger partial charge is 0.393 e. The van der Waals surface area contributed by atoms with Crippen molar-refractivity contribution in [1.29, 1.82) is 0 Å². The summed E-state index contributed by atoms with van der Waals surface area (Å²) in [5, 5.41) is 17.0. The number of hydrogen-bond acceptors (Lipinski definition) is 7. The number of epoxide rings is 1. The van der Waals surface area contributed by atoms with Crippen LogP contribution in [0.2, 0.25) is 0 Å². The molecule has 2 fully saturated rings. The molecule has 2 saturated heterocycles. The Labute approximate surface area is 120 Å². The quantitative estimate of drug-likeness (QED) is 0.402. The molecule has 0 saturated carbocycles. The van der Waals surface area contributed by atoms with Gasteiger partial charge in [0.05, 0.1) is 6.61 Å². The van der Waals surface area contributed by atoms with Gasteiger partial charge in [-0.15, -0.1) is 5.11 Å². The average Bonchev–Trinajstić information content (AvgIpc) is 3.29. The molecule has 1 N–H and O–H groups in total. The lowest BCUT2D eigenvalue weighted by molar-refractivity contribution is -0.153. The molecule has 3 rings (SSSR count). The summed E-state index contributed by atoms with van der Waals surface area (Å²) < 4.78 is 4.99. The lowest BCUT2D eigenvalue weighted by Gasteiger charge is -2.29. The molecule has 3 aliphatic heterocycles. The molecule has 0 bridgehead atoms. The fourth-order valence-electron chi connectivity index (χ4n) is 2.53. The van der Waals surface area contributed by atoms with Gasteiger partial charge in [0.25, 0.3) is 11.7 Å². The lowest BCUT2D eigenvalue weighted by atomic mass is 10.1. The van der Waals surface area contributed by atoms with Crippen LogP contribution < -0.4 is 0 Å². The standard InChI is InChI=1S/C12H16N4O5/c17-6-7-12(21-7)16-11(20)9(18)8(13-14-16)10(19)15-4-2-1-3-5-15/h7-8,12,17H,1-6H2. The normalized spacial score (nSPS) is 32.5. The van der Waals surface area contributed by atoms with E-state index in [4.69, 9.17) is 9.84 Å². The van der Waals surface area contributed by atoms with Gasteiger partial charge in [0.2, 0.25) is 6.04 Å². The fraction of sp³-hybridized carbons (Fsp3) is 0.750. The van der Waals surface area contributed by atoms with Gasteiger partial charge in [-0.05, 0) is 19.3 Å². The van der Waals surface area contributed by atoms with Crippen molar-refractivity contribution in [3.63, 3.8) is 0 Å². The Morgan fingerprint density at radius 2 is 2.00 bits per heavy atom. The summed E-state index contributed by atoms with van der Waals surface area (Å²) in [5.74, 6) is -2.28. The van der Waals surface area contributed by atoms with E-state index in [1.165, 1.54) is 0 Å². The topological polar surface area (TPSA) is 115 Å². The van der Waals surface area contributed by atoms with Crippen LogP contribution in [-0.2, 0) is 19.1 Å². The number of likely N-dealkylation sites (tertiary alicyclic amines) is 1. The van der Waals surface area contributed by atoms with Crippen molar-refractivity contribution in [2.75, 3.05) is 19.7 Å². The first-order valence-corrected chi connectivity index (χ1v) is 6.97. The number of carbonyl (C=O) groups is 3. The number of carbonyl (C=O) groups excluding carboxylic acids is 3. The highest BCUT2D eigenvalue weighted by Gasteiger charge is 2.51. The van der Waals surface area contributed by atoms with Crippen LogP contribution >= 0.6 is 0 Å². The van der Waals surface area contributed by atoms with Gasteiger partial charge in [0.15, 0.2) is 6.23 Å². The number of Topliss-reactive ketones (excluding diaryl/α,β-unsaturated/α-hetero) is 1. The van der Waals surface area contributed by atoms with Crippen molar-refractivity contribution >= 4 is 17.6 Å². The zero-order valence-corrected chi connectivity index (χ0v) is 11.3. The smallest absolute Gasteiger partial charge is 0.316 e. The van der Waals surface area contributed by atoms with Gasteiger partial charge < -0.3 is 14.7 Å². The molecule has 9 nitrogen and oxygen atoms in total. The van der Waals surface area contributed by atoms with Gasteiger partial charge >= 0.3 is 5.91 Å². The van der Waals surface area contributed by atoms with E-state index >= 15 is 0 Å². The second kappa shape index (κ2) is 5.49. The molecule has 0 radical (unpaired) electrons. The van der Waals surface area contributed by atoms with Crippen molar-refractivity contribution in [3.8, 4) is 0 Å². The number of nitrogens with zero attached hydrogens (tertiary/aromatic N) is 4. The van der Waals surface area contributed by atoms with E-state index in [0.717, 1.165) is 24.3 Å². The van der Waals surface area contributed by atoms with Gasteiger partial charge in [-0.1, -0.05) is 5.22 Å². The van der Waals surface area contributed by atoms with E-state index in [0.29, 0.717) is 13.1 Å². The average molecular weight is 296 g/mol. The third-order valence-corrected chi connectivity index (χ3v) is 3.81. The Bertz CT molecular complexity index is 502. The Morgan fingerprint density at radius 3 is 2.62 bits per heavy atom. The molecular weight excluding hydrogens is 280 g/mol. The Balaban J connectivity index is 1.70. The maximum absolute atomic E-state index is 12.2. The van der Waals surface area contributed by atoms with Gasteiger partial charge in [0, 0.05) is 13.1 Å². The Morgan fingerprint density at radius 1 is 1.29 bits per heavy atom. The minimum Gasteiger partial charge on any atom is -0.393 e. The summed E-state index contributed by atoms with van der Waals surface area (Å²) >= 11 is 0. The van der Waals surface area contributed by atoms with Crippen LogP contribution in [0.3, 0.4) is 0 Å². The molecule has 0 spiro atoms. The van der Waals surface area contributed by atoms with Crippen molar-refractivity contribution in [1.82, 2.24) is 9.91 Å². The number of hydrogen-bond donors (Lipinski definition) is 1. The van der Waals surface area contributed by atoms with Gasteiger partial charge in [-0.25, -0.2) is 0 Å². The highest BCUT2D eigenvalue weighted by atomic mass is 16.6. The Hall–Kier alpha value is -1.87. The SMILES string of the molecule is O=C1C(=O)N(C2OC2CO)N=NC1C(=O)N1CCCCC1. The first-order valence-electron chi connectivity index (χ1n) is 6.97. The number of piperidine rings is 1. The molecular formula is C12H16N4O5. The second-order valence-electron chi connectivity index (χ2n) is 5.26. The van der Waals surface area contributed by atoms with Crippen molar-refractivity contribution < 1.29 is 24.2 Å². The van der Waals surface area contributed by atoms with Crippen molar-refractivity contribution in [2.24, 2.45) is 10.3 Å². The molecule has 3 aliphatic rings. The number of rotatable bonds is 3. The van der Waals surface area contributed by atoms with Crippen LogP contribution in [0.5, 0.6) is 0 Å². The zero-order chi connectivity index (χ0) is 15.0. The van der Waals surface area contributed by atoms with Crippen LogP contribution in [0.4, 0.5) is 0 Å². The molecule has 3 heterocycles. The molecule has 0 aliphatic carbocycles. The summed E-state index contributed by atoms with van der Waals surface area (Å²) in [7, 11) is 0. The molecule has 9 heteroatoms. The summed E-state index contributed by atoms with van der Waals surface area (Å²) in [6, 6.07) is -1.38. The van der Waals surface area contributed by atoms with E-state index < -0.39 is 36.0 Å². The van der Waals surface area contributed by atoms with Crippen LogP contribution in [-0.4, -0.2) is 70.7 Å². The number of aliphatic hydroxyl groups is 1. The summed E-state index contributed by atoms with van der Waals surface area (Å²) in [5.41, 5.74) is 0. The van der Waals surface area contributed by atoms with Crippen LogP contribution in [0.25, 0.3) is 0 Å². The lowest BCUT2D eigenvalue weighted by Crippen LogP contribution is -2.51. The summed E-state index contributed by atoms with van der Waals surface area (Å²) in [4.78, 5) is 37.8. The van der Waals surface area contributed by atoms with Crippen molar-refractivity contribution in [3.05, 3.63) is 0 Å². The maximum Gasteiger partial charge on any atom is 0.316 e. The zero-order valence-electron chi connectivity index (χ0n) is 11.3. The predicted molar refractivity (Wildman–Crippen MR) is 66.7 cm³/mol. The van der Waals surface area contributed by atoms with Gasteiger partial charge in [0.1, 0.15) is 6.10 Å². The van der Waals surface area contributed by atoms with E-state index in [9.17, 15) is 14.4 Å². The molecule has 3 unspecified atom stereocenters. The highest BCUT2D eigenvalue weighted by molar-refractivity contribution is 6.42. The van der Waals surface area contributed by atoms with Crippen LogP contribution in [0.15, 0.2) is 10.3 Å². The van der Waals surface area contributed by atoms with Crippen molar-refractivity contribution in [2.45, 2.75) is 37.6 Å². The molecule has 21 heavy (non-hydrogen) atoms. The fourth-order valence-corrected chi connectivity index (χ4v) is 2.53. The molecule has 0 aromatic heterocycles. The predicted octanol–water partition coefficient (Wildman–Crippen LogP) is -1.14. The van der Waals surface area contributed by atoms with E-state index in [1.54, 1.807) is 4.90 Å². The molecule has 114 valence electrons. The summed E-state index contributed by atoms with van der Waals surface area (Å²) in [6.07, 6.45) is 1.52. The third-order valence-electron chi connectivity index (χ3n) is 3.81. The summed E-state index contributed by atoms with van der Waals surface area (Å²) in [6.45, 7) is 0.886. The van der Waals surface area contributed by atoms with Crippen LogP contribution in [0, 0.1) is 0 Å².